The van der Waals surface area contributed by atoms with E-state index < -0.39 is 29.9 Å². The van der Waals surface area contributed by atoms with Crippen molar-refractivity contribution >= 4 is 40.9 Å². The maximum Gasteiger partial charge on any atom is 0.323 e. The molecule has 4 aromatic rings. The van der Waals surface area contributed by atoms with Crippen LogP contribution in [0.1, 0.15) is 28.2 Å². The second-order valence-corrected chi connectivity index (χ2v) is 10.4. The third-order valence-corrected chi connectivity index (χ3v) is 7.14. The van der Waals surface area contributed by atoms with Gasteiger partial charge < -0.3 is 35.9 Å². The van der Waals surface area contributed by atoms with Gasteiger partial charge in [-0.3, -0.25) is 14.4 Å². The van der Waals surface area contributed by atoms with E-state index in [1.54, 1.807) is 48.5 Å². The monoisotopic (exact) mass is 624 g/mol. The molecule has 238 valence electrons. The van der Waals surface area contributed by atoms with Crippen LogP contribution >= 0.6 is 0 Å². The predicted octanol–water partition coefficient (Wildman–Crippen LogP) is 5.16. The lowest BCUT2D eigenvalue weighted by atomic mass is 9.91. The van der Waals surface area contributed by atoms with Gasteiger partial charge in [-0.1, -0.05) is 66.7 Å². The molecule has 0 spiro atoms. The predicted molar refractivity (Wildman–Crippen MR) is 175 cm³/mol. The molecule has 11 nitrogen and oxygen atoms in total. The quantitative estimate of drug-likeness (QED) is 0.158. The number of nitrogens with one attached hydrogen (secondary N) is 3. The van der Waals surface area contributed by atoms with Gasteiger partial charge >= 0.3 is 18.0 Å². The maximum atomic E-state index is 13.1. The Balaban J connectivity index is 1.38. The molecule has 0 saturated heterocycles. The van der Waals surface area contributed by atoms with Gasteiger partial charge in [0.05, 0.1) is 26.3 Å². The van der Waals surface area contributed by atoms with Crippen molar-refractivity contribution < 1.29 is 33.4 Å². The fourth-order valence-corrected chi connectivity index (χ4v) is 4.68. The minimum Gasteiger partial charge on any atom is -0.495 e. The van der Waals surface area contributed by atoms with E-state index in [2.05, 4.69) is 16.0 Å². The molecular weight excluding hydrogens is 588 g/mol. The van der Waals surface area contributed by atoms with Crippen LogP contribution in [0.3, 0.4) is 0 Å². The van der Waals surface area contributed by atoms with E-state index in [-0.39, 0.29) is 18.9 Å². The zero-order valence-corrected chi connectivity index (χ0v) is 25.7. The second kappa shape index (κ2) is 15.9. The highest BCUT2D eigenvalue weighted by Gasteiger charge is 2.34. The summed E-state index contributed by atoms with van der Waals surface area (Å²) in [5, 5.41) is 8.39. The summed E-state index contributed by atoms with van der Waals surface area (Å²) in [5.41, 5.74) is 10.5. The molecule has 1 unspecified atom stereocenters. The van der Waals surface area contributed by atoms with Crippen molar-refractivity contribution in [2.75, 3.05) is 30.2 Å². The van der Waals surface area contributed by atoms with Gasteiger partial charge in [-0.05, 0) is 59.5 Å². The minimum absolute atomic E-state index is 0.0145. The van der Waals surface area contributed by atoms with Crippen molar-refractivity contribution in [1.29, 1.82) is 0 Å². The van der Waals surface area contributed by atoms with Crippen LogP contribution in [0, 0.1) is 6.92 Å². The molecule has 11 heteroatoms. The molecule has 0 aliphatic carbocycles. The van der Waals surface area contributed by atoms with Gasteiger partial charge in [0, 0.05) is 11.4 Å². The van der Waals surface area contributed by atoms with Gasteiger partial charge in [-0.2, -0.15) is 0 Å². The molecular formula is C35H36N4O7. The topological polar surface area (TPSA) is 158 Å². The van der Waals surface area contributed by atoms with E-state index in [0.717, 1.165) is 11.1 Å². The van der Waals surface area contributed by atoms with E-state index >= 15 is 0 Å². The highest BCUT2D eigenvalue weighted by Crippen LogP contribution is 2.27. The number of urea groups is 1. The fraction of sp³-hybridized carbons (Fsp3) is 0.200. The number of hydrogen-bond acceptors (Lipinski definition) is 8. The lowest BCUT2D eigenvalue weighted by molar-refractivity contribution is -0.153. The zero-order valence-electron chi connectivity index (χ0n) is 25.7. The molecule has 0 aliphatic rings. The zero-order chi connectivity index (χ0) is 33.1. The number of carbonyl (C=O) groups excluding carboxylic acids is 4. The van der Waals surface area contributed by atoms with Gasteiger partial charge in [0.2, 0.25) is 5.91 Å². The molecule has 0 heterocycles. The molecule has 3 amide bonds. The maximum absolute atomic E-state index is 13.1. The number of nitrogens with two attached hydrogens (primary N) is 1. The Morgan fingerprint density at radius 2 is 1.41 bits per heavy atom. The van der Waals surface area contributed by atoms with E-state index in [1.807, 2.05) is 55.5 Å². The second-order valence-electron chi connectivity index (χ2n) is 10.4. The number of amides is 3. The molecule has 0 fully saturated rings. The van der Waals surface area contributed by atoms with E-state index in [9.17, 15) is 19.2 Å². The summed E-state index contributed by atoms with van der Waals surface area (Å²) >= 11 is 0. The Bertz CT molecular complexity index is 1680. The number of methoxy groups -OCH3 is 2. The summed E-state index contributed by atoms with van der Waals surface area (Å²) in [6.07, 6.45) is 0.0233. The van der Waals surface area contributed by atoms with Gasteiger partial charge in [0.25, 0.3) is 0 Å². The molecule has 0 saturated carbocycles. The Morgan fingerprint density at radius 1 is 0.739 bits per heavy atom. The molecule has 4 aromatic carbocycles. The Morgan fingerprint density at radius 3 is 2.09 bits per heavy atom. The molecule has 0 bridgehead atoms. The Hall–Kier alpha value is -5.68. The van der Waals surface area contributed by atoms with Gasteiger partial charge in [-0.15, -0.1) is 0 Å². The third kappa shape index (κ3) is 8.93. The van der Waals surface area contributed by atoms with Gasteiger partial charge in [-0.25, -0.2) is 4.79 Å². The Kier molecular flexibility index (Phi) is 11.5. The molecule has 4 rings (SSSR count). The number of carbonyl (C=O) groups is 4. The molecule has 0 aromatic heterocycles. The summed E-state index contributed by atoms with van der Waals surface area (Å²) in [6.45, 7) is 1.91. The van der Waals surface area contributed by atoms with Crippen molar-refractivity contribution in [1.82, 2.24) is 0 Å². The minimum atomic E-state index is -1.30. The average molecular weight is 625 g/mol. The van der Waals surface area contributed by atoms with Gasteiger partial charge in [0.15, 0.2) is 0 Å². The molecule has 46 heavy (non-hydrogen) atoms. The van der Waals surface area contributed by atoms with Crippen LogP contribution < -0.4 is 26.4 Å². The summed E-state index contributed by atoms with van der Waals surface area (Å²) in [5.74, 6) is -2.49. The first-order valence-electron chi connectivity index (χ1n) is 14.4. The summed E-state index contributed by atoms with van der Waals surface area (Å²) in [7, 11) is 2.67. The number of aryl methyl sites for hydroxylation is 1. The van der Waals surface area contributed by atoms with Crippen molar-refractivity contribution in [3.8, 4) is 5.75 Å². The van der Waals surface area contributed by atoms with Crippen LogP contribution in [0.15, 0.2) is 97.1 Å². The van der Waals surface area contributed by atoms with E-state index in [4.69, 9.17) is 19.9 Å². The number of hydrogen-bond donors (Lipinski definition) is 4. The van der Waals surface area contributed by atoms with E-state index in [0.29, 0.717) is 33.9 Å². The molecule has 2 atom stereocenters. The lowest BCUT2D eigenvalue weighted by Gasteiger charge is -2.21. The number of para-hydroxylation sites is 1. The summed E-state index contributed by atoms with van der Waals surface area (Å²) in [4.78, 5) is 50.7. The van der Waals surface area contributed by atoms with Crippen LogP contribution in [0.5, 0.6) is 5.75 Å². The highest BCUT2D eigenvalue weighted by atomic mass is 16.5. The highest BCUT2D eigenvalue weighted by molar-refractivity contribution is 6.01. The van der Waals surface area contributed by atoms with Gasteiger partial charge in [0.1, 0.15) is 24.3 Å². The smallest absolute Gasteiger partial charge is 0.323 e. The first-order valence-corrected chi connectivity index (χ1v) is 14.4. The summed E-state index contributed by atoms with van der Waals surface area (Å²) < 4.78 is 15.7. The average Bonchev–Trinajstić information content (AvgIpc) is 3.06. The van der Waals surface area contributed by atoms with Crippen molar-refractivity contribution in [2.45, 2.75) is 31.9 Å². The first-order chi connectivity index (χ1) is 22.2. The lowest BCUT2D eigenvalue weighted by Crippen LogP contribution is -2.41. The largest absolute Gasteiger partial charge is 0.495 e. The van der Waals surface area contributed by atoms with Crippen molar-refractivity contribution in [3.05, 3.63) is 119 Å². The van der Waals surface area contributed by atoms with E-state index in [1.165, 1.54) is 14.2 Å². The Labute approximate surface area is 267 Å². The van der Waals surface area contributed by atoms with Crippen LogP contribution in [0.4, 0.5) is 21.9 Å². The molecule has 0 radical (unpaired) electrons. The number of anilines is 3. The number of esters is 2. The molecule has 0 aliphatic heterocycles. The van der Waals surface area contributed by atoms with Crippen molar-refractivity contribution in [3.63, 3.8) is 0 Å². The number of benzene rings is 4. The normalized spacial score (nSPS) is 11.8. The first kappa shape index (κ1) is 33.2. The number of ether oxygens (including phenoxy) is 3. The number of rotatable bonds is 12. The van der Waals surface area contributed by atoms with Crippen LogP contribution in [0.25, 0.3) is 0 Å². The van der Waals surface area contributed by atoms with Crippen molar-refractivity contribution in [2.24, 2.45) is 5.73 Å². The summed E-state index contributed by atoms with van der Waals surface area (Å²) in [6, 6.07) is 26.3. The van der Waals surface area contributed by atoms with Crippen LogP contribution in [0.2, 0.25) is 0 Å². The van der Waals surface area contributed by atoms with Crippen LogP contribution in [-0.4, -0.2) is 44.1 Å². The SMILES string of the molecule is COC(=O)[C@H](N)C(C(=O)OCc1ccccc1)c1ccc(NC(=O)Cc2ccc(NC(=O)Nc3ccccc3C)c(OC)c2)cc1. The standard InChI is InChI=1S/C35H36N4O7/c1-22-9-7-8-12-27(22)38-35(43)39-28-18-13-24(19-29(28)44-2)20-30(40)37-26-16-14-25(15-17-26)31(32(36)34(42)45-3)33(41)46-21-23-10-5-4-6-11-23/h4-19,31-32H,20-21,36H2,1-3H3,(H,37,40)(H2,38,39,43)/t31?,32-/m1/s1. The molecule has 5 N–H and O–H groups in total. The fourth-order valence-electron chi connectivity index (χ4n) is 4.68. The third-order valence-electron chi connectivity index (χ3n) is 7.14. The van der Waals surface area contributed by atoms with Crippen LogP contribution in [-0.2, 0) is 36.9 Å².